The standard InChI is InChI=1S/C16H17N3O2/c1-21-12-9-5-8-11-13(10-6-3-2-4-7-10)18-15(17)16(20)19-14(11)12/h2-9,13,15,18H,17H2,1H3,(H,19,20)/t13?,15-/m0/s1. The third kappa shape index (κ3) is 2.49. The van der Waals surface area contributed by atoms with Crippen LogP contribution in [0.15, 0.2) is 48.5 Å². The summed E-state index contributed by atoms with van der Waals surface area (Å²) in [4.78, 5) is 12.1. The van der Waals surface area contributed by atoms with Crippen LogP contribution < -0.4 is 21.1 Å². The molecule has 21 heavy (non-hydrogen) atoms. The molecule has 5 nitrogen and oxygen atoms in total. The highest BCUT2D eigenvalue weighted by atomic mass is 16.5. The fraction of sp³-hybridized carbons (Fsp3) is 0.188. The van der Waals surface area contributed by atoms with Crippen LogP contribution in [0.1, 0.15) is 17.2 Å². The molecule has 1 aliphatic rings. The van der Waals surface area contributed by atoms with Gasteiger partial charge in [-0.05, 0) is 11.6 Å². The van der Waals surface area contributed by atoms with Gasteiger partial charge in [0, 0.05) is 5.56 Å². The quantitative estimate of drug-likeness (QED) is 0.782. The molecule has 5 heteroatoms. The number of fused-ring (bicyclic) bond motifs is 1. The van der Waals surface area contributed by atoms with E-state index in [-0.39, 0.29) is 11.9 Å². The summed E-state index contributed by atoms with van der Waals surface area (Å²) in [6.07, 6.45) is -0.785. The molecule has 0 radical (unpaired) electrons. The number of nitrogens with two attached hydrogens (primary N) is 1. The van der Waals surface area contributed by atoms with E-state index >= 15 is 0 Å². The van der Waals surface area contributed by atoms with Crippen molar-refractivity contribution in [3.63, 3.8) is 0 Å². The molecule has 2 aromatic rings. The van der Waals surface area contributed by atoms with Gasteiger partial charge in [-0.1, -0.05) is 42.5 Å². The topological polar surface area (TPSA) is 76.4 Å². The number of amides is 1. The Labute approximate surface area is 123 Å². The molecule has 0 aliphatic carbocycles. The number of para-hydroxylation sites is 1. The smallest absolute Gasteiger partial charge is 0.256 e. The van der Waals surface area contributed by atoms with Crippen LogP contribution in [-0.2, 0) is 4.79 Å². The van der Waals surface area contributed by atoms with Crippen LogP contribution in [0.25, 0.3) is 0 Å². The Morgan fingerprint density at radius 2 is 1.86 bits per heavy atom. The molecule has 2 aromatic carbocycles. The van der Waals surface area contributed by atoms with Crippen molar-refractivity contribution in [2.24, 2.45) is 5.73 Å². The first kappa shape index (κ1) is 13.6. The molecule has 2 atom stereocenters. The highest BCUT2D eigenvalue weighted by Gasteiger charge is 2.29. The van der Waals surface area contributed by atoms with Gasteiger partial charge in [0.05, 0.1) is 18.8 Å². The predicted octanol–water partition coefficient (Wildman–Crippen LogP) is 1.61. The Hall–Kier alpha value is -2.37. The van der Waals surface area contributed by atoms with Crippen molar-refractivity contribution in [1.29, 1.82) is 0 Å². The summed E-state index contributed by atoms with van der Waals surface area (Å²) in [7, 11) is 1.58. The molecule has 1 aliphatic heterocycles. The third-order valence-electron chi connectivity index (χ3n) is 3.60. The molecule has 1 amide bonds. The van der Waals surface area contributed by atoms with Gasteiger partial charge in [0.15, 0.2) is 0 Å². The number of ether oxygens (including phenoxy) is 1. The summed E-state index contributed by atoms with van der Waals surface area (Å²) >= 11 is 0. The van der Waals surface area contributed by atoms with Crippen molar-refractivity contribution in [2.75, 3.05) is 12.4 Å². The average molecular weight is 283 g/mol. The fourth-order valence-electron chi connectivity index (χ4n) is 2.56. The van der Waals surface area contributed by atoms with Gasteiger partial charge >= 0.3 is 0 Å². The number of carbonyl (C=O) groups is 1. The van der Waals surface area contributed by atoms with Gasteiger partial charge in [0.1, 0.15) is 11.9 Å². The second kappa shape index (κ2) is 5.55. The van der Waals surface area contributed by atoms with Crippen LogP contribution in [0.4, 0.5) is 5.69 Å². The molecule has 0 saturated carbocycles. The van der Waals surface area contributed by atoms with Crippen LogP contribution in [-0.4, -0.2) is 19.2 Å². The van der Waals surface area contributed by atoms with Crippen LogP contribution in [0, 0.1) is 0 Å². The van der Waals surface area contributed by atoms with Crippen molar-refractivity contribution in [2.45, 2.75) is 12.2 Å². The zero-order valence-corrected chi connectivity index (χ0v) is 11.7. The summed E-state index contributed by atoms with van der Waals surface area (Å²) in [5.41, 5.74) is 8.55. The number of methoxy groups -OCH3 is 1. The molecular formula is C16H17N3O2. The second-order valence-electron chi connectivity index (χ2n) is 4.90. The zero-order chi connectivity index (χ0) is 14.8. The molecular weight excluding hydrogens is 266 g/mol. The summed E-state index contributed by atoms with van der Waals surface area (Å²) in [5.74, 6) is 0.344. The molecule has 1 heterocycles. The highest BCUT2D eigenvalue weighted by Crippen LogP contribution is 2.36. The summed E-state index contributed by atoms with van der Waals surface area (Å²) in [6, 6.07) is 15.4. The fourth-order valence-corrected chi connectivity index (χ4v) is 2.56. The van der Waals surface area contributed by atoms with E-state index in [0.717, 1.165) is 11.1 Å². The lowest BCUT2D eigenvalue weighted by atomic mass is 9.97. The van der Waals surface area contributed by atoms with Gasteiger partial charge < -0.3 is 15.8 Å². The first-order valence-electron chi connectivity index (χ1n) is 6.75. The lowest BCUT2D eigenvalue weighted by molar-refractivity contribution is -0.118. The Morgan fingerprint density at radius 1 is 1.10 bits per heavy atom. The number of hydrogen-bond acceptors (Lipinski definition) is 4. The van der Waals surface area contributed by atoms with Crippen LogP contribution in [0.3, 0.4) is 0 Å². The maximum absolute atomic E-state index is 12.1. The molecule has 0 spiro atoms. The molecule has 108 valence electrons. The first-order chi connectivity index (χ1) is 10.2. The van der Waals surface area contributed by atoms with Crippen LogP contribution in [0.5, 0.6) is 5.75 Å². The van der Waals surface area contributed by atoms with Gasteiger partial charge in [-0.15, -0.1) is 0 Å². The van der Waals surface area contributed by atoms with E-state index in [1.807, 2.05) is 48.5 Å². The number of anilines is 1. The van der Waals surface area contributed by atoms with Crippen molar-refractivity contribution >= 4 is 11.6 Å². The maximum atomic E-state index is 12.1. The van der Waals surface area contributed by atoms with E-state index in [9.17, 15) is 4.79 Å². The molecule has 1 unspecified atom stereocenters. The minimum absolute atomic E-state index is 0.176. The van der Waals surface area contributed by atoms with Crippen molar-refractivity contribution < 1.29 is 9.53 Å². The number of carbonyl (C=O) groups excluding carboxylic acids is 1. The van der Waals surface area contributed by atoms with E-state index in [1.54, 1.807) is 7.11 Å². The molecule has 4 N–H and O–H groups in total. The summed E-state index contributed by atoms with van der Waals surface area (Å²) < 4.78 is 5.35. The Balaban J connectivity index is 2.16. The number of nitrogens with one attached hydrogen (secondary N) is 2. The van der Waals surface area contributed by atoms with Crippen molar-refractivity contribution in [1.82, 2.24) is 5.32 Å². The van der Waals surface area contributed by atoms with E-state index in [2.05, 4.69) is 10.6 Å². The molecule has 0 aromatic heterocycles. The maximum Gasteiger partial charge on any atom is 0.256 e. The number of hydrogen-bond donors (Lipinski definition) is 3. The SMILES string of the molecule is COc1cccc2c1NC(=O)[C@@H](N)NC2c1ccccc1. The number of benzene rings is 2. The van der Waals surface area contributed by atoms with E-state index in [4.69, 9.17) is 10.5 Å². The van der Waals surface area contributed by atoms with E-state index in [1.165, 1.54) is 0 Å². The van der Waals surface area contributed by atoms with E-state index < -0.39 is 6.17 Å². The van der Waals surface area contributed by atoms with E-state index in [0.29, 0.717) is 11.4 Å². The van der Waals surface area contributed by atoms with Crippen molar-refractivity contribution in [3.8, 4) is 5.75 Å². The normalized spacial score (nSPS) is 21.1. The van der Waals surface area contributed by atoms with Crippen LogP contribution >= 0.6 is 0 Å². The highest BCUT2D eigenvalue weighted by molar-refractivity contribution is 5.97. The lowest BCUT2D eigenvalue weighted by Gasteiger charge is -2.21. The average Bonchev–Trinajstić information content (AvgIpc) is 2.65. The number of rotatable bonds is 2. The monoisotopic (exact) mass is 283 g/mol. The summed E-state index contributed by atoms with van der Waals surface area (Å²) in [6.45, 7) is 0. The Morgan fingerprint density at radius 3 is 2.57 bits per heavy atom. The lowest BCUT2D eigenvalue weighted by Crippen LogP contribution is -2.47. The van der Waals surface area contributed by atoms with Gasteiger partial charge in [-0.25, -0.2) is 0 Å². The summed E-state index contributed by atoms with van der Waals surface area (Å²) in [5, 5.41) is 6.00. The Bertz CT molecular complexity index is 658. The third-order valence-corrected chi connectivity index (χ3v) is 3.60. The first-order valence-corrected chi connectivity index (χ1v) is 6.75. The van der Waals surface area contributed by atoms with Gasteiger partial charge in [0.2, 0.25) is 0 Å². The van der Waals surface area contributed by atoms with Crippen molar-refractivity contribution in [3.05, 3.63) is 59.7 Å². The largest absolute Gasteiger partial charge is 0.495 e. The van der Waals surface area contributed by atoms with Gasteiger partial charge in [-0.2, -0.15) is 0 Å². The van der Waals surface area contributed by atoms with Gasteiger partial charge in [0.25, 0.3) is 5.91 Å². The minimum atomic E-state index is -0.785. The molecule has 0 bridgehead atoms. The molecule has 0 fully saturated rings. The van der Waals surface area contributed by atoms with Crippen LogP contribution in [0.2, 0.25) is 0 Å². The second-order valence-corrected chi connectivity index (χ2v) is 4.90. The zero-order valence-electron chi connectivity index (χ0n) is 11.7. The molecule has 0 saturated heterocycles. The van der Waals surface area contributed by atoms with Gasteiger partial charge in [-0.3, -0.25) is 10.1 Å². The Kier molecular flexibility index (Phi) is 3.60. The minimum Gasteiger partial charge on any atom is -0.495 e. The predicted molar refractivity (Wildman–Crippen MR) is 81.0 cm³/mol. The molecule has 3 rings (SSSR count).